The van der Waals surface area contributed by atoms with E-state index < -0.39 is 40.0 Å². The lowest BCUT2D eigenvalue weighted by Crippen LogP contribution is -2.17. The smallest absolute Gasteiger partial charge is 0.405 e. The average Bonchev–Trinajstić information content (AvgIpc) is 2.44. The van der Waals surface area contributed by atoms with Crippen molar-refractivity contribution >= 4 is 5.69 Å². The van der Waals surface area contributed by atoms with Crippen LogP contribution in [-0.2, 0) is 6.18 Å². The third-order valence-corrected chi connectivity index (χ3v) is 2.88. The number of alkyl halides is 6. The fourth-order valence-corrected chi connectivity index (χ4v) is 1.95. The molecule has 0 saturated carbocycles. The first-order valence-electron chi connectivity index (χ1n) is 6.19. The van der Waals surface area contributed by atoms with Gasteiger partial charge in [0.1, 0.15) is 5.75 Å². The van der Waals surface area contributed by atoms with Crippen LogP contribution in [-0.4, -0.2) is 11.3 Å². The Bertz CT molecular complexity index is 770. The fraction of sp³-hybridized carbons (Fsp3) is 0.143. The Labute approximate surface area is 130 Å². The highest BCUT2D eigenvalue weighted by atomic mass is 19.4. The maximum atomic E-state index is 12.9. The Morgan fingerprint density at radius 3 is 2.12 bits per heavy atom. The number of rotatable bonds is 3. The van der Waals surface area contributed by atoms with Crippen molar-refractivity contribution < 1.29 is 36.0 Å². The predicted octanol–water partition coefficient (Wildman–Crippen LogP) is 5.18. The Hall–Kier alpha value is -2.78. The van der Waals surface area contributed by atoms with Crippen LogP contribution in [0.2, 0.25) is 0 Å². The van der Waals surface area contributed by atoms with Gasteiger partial charge in [0, 0.05) is 17.7 Å². The van der Waals surface area contributed by atoms with E-state index in [-0.39, 0.29) is 5.56 Å². The van der Waals surface area contributed by atoms with Gasteiger partial charge in [-0.15, -0.1) is 13.2 Å². The minimum absolute atomic E-state index is 0.302. The van der Waals surface area contributed by atoms with E-state index in [2.05, 4.69) is 4.74 Å². The molecule has 0 heterocycles. The molecule has 10 heteroatoms. The van der Waals surface area contributed by atoms with Gasteiger partial charge in [0.05, 0.1) is 10.5 Å². The van der Waals surface area contributed by atoms with Gasteiger partial charge < -0.3 is 4.74 Å². The number of para-hydroxylation sites is 1. The van der Waals surface area contributed by atoms with E-state index in [4.69, 9.17) is 0 Å². The molecule has 2 aromatic carbocycles. The number of nitrogens with zero attached hydrogens (tertiary/aromatic N) is 1. The maximum Gasteiger partial charge on any atom is 0.573 e. The zero-order valence-corrected chi connectivity index (χ0v) is 11.5. The highest BCUT2D eigenvalue weighted by Crippen LogP contribution is 2.39. The summed E-state index contributed by atoms with van der Waals surface area (Å²) in [7, 11) is 0. The van der Waals surface area contributed by atoms with Crippen LogP contribution in [0.1, 0.15) is 5.56 Å². The predicted molar refractivity (Wildman–Crippen MR) is 70.2 cm³/mol. The Morgan fingerprint density at radius 1 is 0.958 bits per heavy atom. The monoisotopic (exact) mass is 351 g/mol. The normalized spacial score (nSPS) is 12.1. The van der Waals surface area contributed by atoms with E-state index in [0.717, 1.165) is 18.2 Å². The molecule has 0 unspecified atom stereocenters. The lowest BCUT2D eigenvalue weighted by molar-refractivity contribution is -0.385. The van der Waals surface area contributed by atoms with E-state index in [1.165, 1.54) is 12.1 Å². The van der Waals surface area contributed by atoms with Crippen LogP contribution in [0, 0.1) is 10.1 Å². The Morgan fingerprint density at radius 2 is 1.58 bits per heavy atom. The first-order chi connectivity index (χ1) is 11.0. The molecule has 128 valence electrons. The summed E-state index contributed by atoms with van der Waals surface area (Å²) in [5, 5.41) is 10.8. The summed E-state index contributed by atoms with van der Waals surface area (Å²) in [6.45, 7) is 0. The summed E-state index contributed by atoms with van der Waals surface area (Å²) >= 11 is 0. The molecule has 0 bridgehead atoms. The average molecular weight is 351 g/mol. The van der Waals surface area contributed by atoms with E-state index in [0.29, 0.717) is 12.1 Å². The fourth-order valence-electron chi connectivity index (χ4n) is 1.95. The van der Waals surface area contributed by atoms with Crippen molar-refractivity contribution in [1.29, 1.82) is 0 Å². The van der Waals surface area contributed by atoms with Crippen LogP contribution in [0.5, 0.6) is 5.75 Å². The third kappa shape index (κ3) is 4.15. The quantitative estimate of drug-likeness (QED) is 0.435. The van der Waals surface area contributed by atoms with Crippen molar-refractivity contribution in [3.8, 4) is 16.9 Å². The number of benzene rings is 2. The summed E-state index contributed by atoms with van der Waals surface area (Å²) in [6, 6.07) is 5.99. The maximum absolute atomic E-state index is 12.9. The Kier molecular flexibility index (Phi) is 4.41. The number of hydrogen-bond acceptors (Lipinski definition) is 3. The van der Waals surface area contributed by atoms with E-state index in [1.54, 1.807) is 0 Å². The molecule has 0 aliphatic carbocycles. The topological polar surface area (TPSA) is 52.4 Å². The minimum atomic E-state index is -5.07. The van der Waals surface area contributed by atoms with Crippen LogP contribution in [0.25, 0.3) is 11.1 Å². The van der Waals surface area contributed by atoms with Crippen molar-refractivity contribution in [3.63, 3.8) is 0 Å². The van der Waals surface area contributed by atoms with E-state index in [9.17, 15) is 36.5 Å². The molecular weight excluding hydrogens is 344 g/mol. The van der Waals surface area contributed by atoms with Crippen molar-refractivity contribution in [3.05, 3.63) is 58.1 Å². The zero-order valence-electron chi connectivity index (χ0n) is 11.5. The largest absolute Gasteiger partial charge is 0.573 e. The molecular formula is C14H7F6NO3. The van der Waals surface area contributed by atoms with Crippen LogP contribution in [0.4, 0.5) is 32.0 Å². The van der Waals surface area contributed by atoms with Crippen molar-refractivity contribution in [2.45, 2.75) is 12.5 Å². The second-order valence-electron chi connectivity index (χ2n) is 4.57. The van der Waals surface area contributed by atoms with Crippen LogP contribution >= 0.6 is 0 Å². The van der Waals surface area contributed by atoms with Gasteiger partial charge in [-0.05, 0) is 17.7 Å². The lowest BCUT2D eigenvalue weighted by Gasteiger charge is -2.14. The first-order valence-corrected chi connectivity index (χ1v) is 6.19. The molecule has 0 amide bonds. The number of nitro groups is 1. The Balaban J connectivity index is 2.65. The van der Waals surface area contributed by atoms with Gasteiger partial charge in [-0.3, -0.25) is 10.1 Å². The summed E-state index contributed by atoms with van der Waals surface area (Å²) in [6.07, 6.45) is -9.97. The van der Waals surface area contributed by atoms with E-state index >= 15 is 0 Å². The molecule has 4 nitrogen and oxygen atoms in total. The number of ether oxygens (including phenoxy) is 1. The summed E-state index contributed by atoms with van der Waals surface area (Å²) in [5.74, 6) is -0.765. The molecule has 2 rings (SSSR count). The second-order valence-corrected chi connectivity index (χ2v) is 4.57. The first kappa shape index (κ1) is 17.6. The van der Waals surface area contributed by atoms with Crippen LogP contribution < -0.4 is 4.74 Å². The summed E-state index contributed by atoms with van der Waals surface area (Å²) < 4.78 is 79.6. The SMILES string of the molecule is O=[N+]([O-])c1cc(-c2ccccc2OC(F)(F)F)cc(C(F)(F)F)c1. The molecule has 0 aliphatic rings. The molecule has 0 radical (unpaired) electrons. The molecule has 2 aromatic rings. The van der Waals surface area contributed by atoms with Crippen LogP contribution in [0.15, 0.2) is 42.5 Å². The van der Waals surface area contributed by atoms with Crippen LogP contribution in [0.3, 0.4) is 0 Å². The molecule has 0 aliphatic heterocycles. The van der Waals surface area contributed by atoms with Gasteiger partial charge in [-0.1, -0.05) is 18.2 Å². The van der Waals surface area contributed by atoms with Gasteiger partial charge in [-0.25, -0.2) is 0 Å². The highest BCUT2D eigenvalue weighted by molar-refractivity contribution is 5.73. The van der Waals surface area contributed by atoms with Gasteiger partial charge in [0.15, 0.2) is 0 Å². The highest BCUT2D eigenvalue weighted by Gasteiger charge is 2.34. The minimum Gasteiger partial charge on any atom is -0.405 e. The van der Waals surface area contributed by atoms with Gasteiger partial charge in [0.25, 0.3) is 5.69 Å². The number of nitro benzene ring substituents is 1. The van der Waals surface area contributed by atoms with Gasteiger partial charge in [-0.2, -0.15) is 13.2 Å². The van der Waals surface area contributed by atoms with Gasteiger partial charge >= 0.3 is 12.5 Å². The lowest BCUT2D eigenvalue weighted by atomic mass is 10.0. The molecule has 0 fully saturated rings. The molecule has 24 heavy (non-hydrogen) atoms. The molecule has 0 N–H and O–H groups in total. The zero-order chi connectivity index (χ0) is 18.1. The third-order valence-electron chi connectivity index (χ3n) is 2.88. The standard InChI is InChI=1S/C14H7F6NO3/c15-13(16,17)9-5-8(6-10(7-9)21(22)23)11-3-1-2-4-12(11)24-14(18,19)20/h1-7H. The summed E-state index contributed by atoms with van der Waals surface area (Å²) in [4.78, 5) is 9.74. The van der Waals surface area contributed by atoms with E-state index in [1.807, 2.05) is 0 Å². The number of halogens is 6. The molecule has 0 saturated heterocycles. The van der Waals surface area contributed by atoms with Crippen molar-refractivity contribution in [2.75, 3.05) is 0 Å². The molecule has 0 spiro atoms. The van der Waals surface area contributed by atoms with Crippen molar-refractivity contribution in [2.24, 2.45) is 0 Å². The van der Waals surface area contributed by atoms with Crippen molar-refractivity contribution in [1.82, 2.24) is 0 Å². The number of non-ortho nitro benzene ring substituents is 1. The molecule has 0 atom stereocenters. The number of hydrogen-bond donors (Lipinski definition) is 0. The second kappa shape index (κ2) is 6.02. The van der Waals surface area contributed by atoms with Gasteiger partial charge in [0.2, 0.25) is 0 Å². The summed E-state index contributed by atoms with van der Waals surface area (Å²) in [5.41, 5.74) is -3.03. The molecule has 0 aromatic heterocycles.